The lowest BCUT2D eigenvalue weighted by Crippen LogP contribution is -2.33. The van der Waals surface area contributed by atoms with Gasteiger partial charge in [0.1, 0.15) is 48.6 Å². The van der Waals surface area contributed by atoms with Gasteiger partial charge in [0.15, 0.2) is 0 Å². The molecule has 10 nitrogen and oxygen atoms in total. The predicted octanol–water partition coefficient (Wildman–Crippen LogP) is 16.4. The molecular weight excluding hydrogens is 1060 g/mol. The molecule has 85 heavy (non-hydrogen) atoms. The van der Waals surface area contributed by atoms with Gasteiger partial charge in [-0.3, -0.25) is 19.2 Å². The van der Waals surface area contributed by atoms with Crippen LogP contribution in [0.4, 0.5) is 11.4 Å². The summed E-state index contributed by atoms with van der Waals surface area (Å²) in [6.07, 6.45) is 5.36. The Morgan fingerprint density at radius 1 is 0.412 bits per heavy atom. The van der Waals surface area contributed by atoms with Gasteiger partial charge in [-0.1, -0.05) is 177 Å². The van der Waals surface area contributed by atoms with Gasteiger partial charge < -0.3 is 18.9 Å². The standard InChI is InChI=1S/C75H52N2O8/c1-5-46-17-23-49(24-18-46)42-82-55-33-31-54(32-34-55)76-71(78)58-38-64-68(40-60(58)72(76)79)85-69-41-61-59(39-65(69)75(64)62-14-10-8-12-56(62)57-13-9-11-15-63(57)75)73(80)77(74(61)81)66-35-30-53(37-70(66)84-44-51-27-21-48(7-3)22-28-51)52-29-16-45(4)67(36-52)83-43-50-25-19-47(6-2)20-26-50/h5-41H,1-3,42-44H2,4H3. The van der Waals surface area contributed by atoms with E-state index in [0.29, 0.717) is 58.8 Å². The van der Waals surface area contributed by atoms with Crippen molar-refractivity contribution >= 4 is 53.2 Å². The maximum atomic E-state index is 15.4. The fraction of sp³-hybridized carbons (Fsp3) is 0.0667. The highest BCUT2D eigenvalue weighted by Gasteiger charge is 2.54. The molecule has 3 heterocycles. The van der Waals surface area contributed by atoms with Crippen LogP contribution in [0.3, 0.4) is 0 Å². The Balaban J connectivity index is 0.832. The van der Waals surface area contributed by atoms with Crippen LogP contribution in [-0.4, -0.2) is 23.6 Å². The Hall–Kier alpha value is -11.1. The summed E-state index contributed by atoms with van der Waals surface area (Å²) in [4.78, 5) is 62.4. The number of aryl methyl sites for hydroxylation is 1. The number of hydrogen-bond acceptors (Lipinski definition) is 8. The number of nitrogens with zero attached hydrogens (tertiary/aromatic N) is 2. The molecule has 4 aliphatic rings. The normalized spacial score (nSPS) is 13.8. The van der Waals surface area contributed by atoms with Crippen LogP contribution in [0.1, 0.15) is 103 Å². The molecule has 10 heteroatoms. The summed E-state index contributed by atoms with van der Waals surface area (Å²) in [6.45, 7) is 14.4. The zero-order chi connectivity index (χ0) is 58.1. The molecule has 0 atom stereocenters. The first-order chi connectivity index (χ1) is 41.5. The highest BCUT2D eigenvalue weighted by molar-refractivity contribution is 6.36. The lowest BCUT2D eigenvalue weighted by molar-refractivity contribution is 0.0909. The van der Waals surface area contributed by atoms with Crippen molar-refractivity contribution in [3.63, 3.8) is 0 Å². The van der Waals surface area contributed by atoms with Gasteiger partial charge in [0.05, 0.1) is 39.0 Å². The quantitative estimate of drug-likeness (QED) is 0.0933. The molecule has 0 aromatic heterocycles. The molecule has 0 saturated heterocycles. The van der Waals surface area contributed by atoms with E-state index in [9.17, 15) is 9.59 Å². The number of benzene rings is 10. The second-order valence-corrected chi connectivity index (χ2v) is 21.5. The minimum absolute atomic E-state index is 0.132. The largest absolute Gasteiger partial charge is 0.489 e. The molecular formula is C75H52N2O8. The number of fused-ring (bicyclic) bond motifs is 11. The van der Waals surface area contributed by atoms with Crippen molar-refractivity contribution in [3.8, 4) is 51.0 Å². The van der Waals surface area contributed by atoms with Crippen molar-refractivity contribution in [1.29, 1.82) is 0 Å². The highest BCUT2D eigenvalue weighted by Crippen LogP contribution is 2.63. The number of ether oxygens (including phenoxy) is 4. The molecule has 0 N–H and O–H groups in total. The Labute approximate surface area is 491 Å². The van der Waals surface area contributed by atoms with E-state index in [1.54, 1.807) is 72.8 Å². The number of hydrogen-bond donors (Lipinski definition) is 0. The Kier molecular flexibility index (Phi) is 12.7. The summed E-state index contributed by atoms with van der Waals surface area (Å²) < 4.78 is 26.0. The van der Waals surface area contributed by atoms with E-state index in [-0.39, 0.29) is 34.5 Å². The zero-order valence-electron chi connectivity index (χ0n) is 46.3. The van der Waals surface area contributed by atoms with Gasteiger partial charge in [0, 0.05) is 11.1 Å². The van der Waals surface area contributed by atoms with Crippen LogP contribution >= 0.6 is 0 Å². The third kappa shape index (κ3) is 8.64. The SMILES string of the molecule is C=Cc1ccc(COc2ccc(N3C(=O)c4cc5c(cc4C3=O)C3(c4cc6c(cc4O5)C(=O)N(c4ccc(-c5ccc(C)c(OCc7ccc(C=C)cc7)c5)cc4OCc4ccc(C=C)cc4)C6=O)c4ccccc4-c4ccccc43)cc2)cc1. The molecule has 10 aromatic carbocycles. The summed E-state index contributed by atoms with van der Waals surface area (Å²) in [5.74, 6) is 0.112. The number of imide groups is 2. The van der Waals surface area contributed by atoms with Crippen LogP contribution in [0.2, 0.25) is 0 Å². The van der Waals surface area contributed by atoms with Gasteiger partial charge in [0.25, 0.3) is 23.6 Å². The molecule has 10 aromatic rings. The van der Waals surface area contributed by atoms with Gasteiger partial charge in [-0.15, -0.1) is 0 Å². The van der Waals surface area contributed by atoms with Gasteiger partial charge in [0.2, 0.25) is 0 Å². The van der Waals surface area contributed by atoms with Gasteiger partial charge >= 0.3 is 0 Å². The van der Waals surface area contributed by atoms with E-state index in [1.807, 2.05) is 134 Å². The van der Waals surface area contributed by atoms with E-state index < -0.39 is 29.0 Å². The smallest absolute Gasteiger partial charge is 0.266 e. The number of carbonyl (C=O) groups excluding carboxylic acids is 4. The van der Waals surface area contributed by atoms with Crippen LogP contribution < -0.4 is 28.7 Å². The van der Waals surface area contributed by atoms with Crippen LogP contribution in [-0.2, 0) is 25.2 Å². The molecule has 4 amide bonds. The minimum Gasteiger partial charge on any atom is -0.489 e. The first kappa shape index (κ1) is 52.0. The number of rotatable bonds is 15. The summed E-state index contributed by atoms with van der Waals surface area (Å²) in [5, 5.41) is 0. The zero-order valence-corrected chi connectivity index (χ0v) is 46.3. The van der Waals surface area contributed by atoms with Gasteiger partial charge in [-0.2, -0.15) is 0 Å². The van der Waals surface area contributed by atoms with E-state index in [1.165, 1.54) is 9.80 Å². The second-order valence-electron chi connectivity index (χ2n) is 21.5. The van der Waals surface area contributed by atoms with Crippen molar-refractivity contribution in [2.45, 2.75) is 32.2 Å². The molecule has 410 valence electrons. The molecule has 1 spiro atoms. The lowest BCUT2D eigenvalue weighted by atomic mass is 9.65. The van der Waals surface area contributed by atoms with E-state index in [0.717, 1.165) is 72.3 Å². The maximum absolute atomic E-state index is 15.4. The van der Waals surface area contributed by atoms with E-state index in [4.69, 9.17) is 18.9 Å². The van der Waals surface area contributed by atoms with Crippen molar-refractivity contribution in [2.24, 2.45) is 0 Å². The first-order valence-corrected chi connectivity index (χ1v) is 27.9. The van der Waals surface area contributed by atoms with Crippen LogP contribution in [0, 0.1) is 6.92 Å². The van der Waals surface area contributed by atoms with Gasteiger partial charge in [-0.25, -0.2) is 9.80 Å². The fourth-order valence-electron chi connectivity index (χ4n) is 12.2. The summed E-state index contributed by atoms with van der Waals surface area (Å²) in [7, 11) is 0. The van der Waals surface area contributed by atoms with Gasteiger partial charge in [-0.05, 0) is 146 Å². The van der Waals surface area contributed by atoms with Crippen molar-refractivity contribution in [2.75, 3.05) is 9.80 Å². The molecule has 0 bridgehead atoms. The number of carbonyl (C=O) groups is 4. The van der Waals surface area contributed by atoms with Crippen LogP contribution in [0.5, 0.6) is 28.7 Å². The van der Waals surface area contributed by atoms with Crippen molar-refractivity contribution in [3.05, 3.63) is 309 Å². The monoisotopic (exact) mass is 1110 g/mol. The minimum atomic E-state index is -1.18. The Morgan fingerprint density at radius 2 is 0.835 bits per heavy atom. The van der Waals surface area contributed by atoms with Crippen LogP contribution in [0.15, 0.2) is 226 Å². The molecule has 0 saturated carbocycles. The number of amides is 4. The van der Waals surface area contributed by atoms with E-state index >= 15 is 9.59 Å². The average molecular weight is 1110 g/mol. The molecule has 0 fully saturated rings. The molecule has 3 aliphatic heterocycles. The fourth-order valence-corrected chi connectivity index (χ4v) is 12.2. The van der Waals surface area contributed by atoms with Crippen molar-refractivity contribution < 1.29 is 38.1 Å². The first-order valence-electron chi connectivity index (χ1n) is 27.9. The number of anilines is 2. The lowest BCUT2D eigenvalue weighted by Gasteiger charge is -2.39. The predicted molar refractivity (Wildman–Crippen MR) is 332 cm³/mol. The summed E-state index contributed by atoms with van der Waals surface area (Å²) in [5.41, 5.74) is 13.4. The topological polar surface area (TPSA) is 112 Å². The second kappa shape index (κ2) is 20.7. The van der Waals surface area contributed by atoms with E-state index in [2.05, 4.69) is 44.0 Å². The molecule has 14 rings (SSSR count). The third-order valence-corrected chi connectivity index (χ3v) is 16.6. The van der Waals surface area contributed by atoms with Crippen LogP contribution in [0.25, 0.3) is 40.5 Å². The summed E-state index contributed by atoms with van der Waals surface area (Å²) >= 11 is 0. The summed E-state index contributed by atoms with van der Waals surface area (Å²) in [6, 6.07) is 65.0. The molecule has 0 unspecified atom stereocenters. The Morgan fingerprint density at radius 3 is 1.33 bits per heavy atom. The third-order valence-electron chi connectivity index (χ3n) is 16.6. The maximum Gasteiger partial charge on any atom is 0.266 e. The molecule has 0 radical (unpaired) electrons. The average Bonchev–Trinajstić information content (AvgIpc) is 1.65. The van der Waals surface area contributed by atoms with Crippen molar-refractivity contribution in [1.82, 2.24) is 0 Å². The highest BCUT2D eigenvalue weighted by atomic mass is 16.5. The Bertz CT molecular complexity index is 4440. The molecule has 1 aliphatic carbocycles.